The Morgan fingerprint density at radius 1 is 0.193 bits per heavy atom. The van der Waals surface area contributed by atoms with E-state index < -0.39 is 218 Å². The minimum Gasteiger partial charge on any atom is -0.457 e. The van der Waals surface area contributed by atoms with Crippen molar-refractivity contribution in [2.75, 3.05) is 9.80 Å². The Labute approximate surface area is 787 Å². The number of hydrogen-bond donors (Lipinski definition) is 0. The molecule has 2 aliphatic rings. The molecule has 14 nitrogen and oxygen atoms in total. The standard InChI is InChI=1S/C108H80F18N2O12/c1-53-37-59(103(109,110)111)43-69(39-53)137-77-17-15-19-79(139-71-45-61(105(115,116)117)41-62(46-71)106(118,119)120)93(77)127-95(129)73-49-81(133-65-29-21-55(22-30-65)99(3,4)5)87-89-83(135-67-33-25-57(26-34-67)101(9,10)11)51-75-86-76(52-84(136-68-35-27-58(28-36-68)102(12,13)14)90(92(86)89)88-82(50-74(96(127)130)85(73)91(87)88)134-66-31-23-56(24-32-66)100(6,7)8)98(132)128(97(75)131)94-78(138-70-40-54(2)38-60(44-70)104(112,113)114)18-16-20-80(94)140-72-47-63(107(121,122)123)42-64(48-72)108(124,125)126/h15-52H,1-14H3. The summed E-state index contributed by atoms with van der Waals surface area (Å²) in [6.45, 7) is 25.5. The van der Waals surface area contributed by atoms with Crippen molar-refractivity contribution in [3.05, 3.63) is 320 Å². The molecule has 0 bridgehead atoms. The van der Waals surface area contributed by atoms with Crippen molar-refractivity contribution in [1.82, 2.24) is 0 Å². The van der Waals surface area contributed by atoms with Gasteiger partial charge in [-0.1, -0.05) is 144 Å². The number of amides is 4. The van der Waals surface area contributed by atoms with Gasteiger partial charge in [0.25, 0.3) is 23.6 Å². The highest BCUT2D eigenvalue weighted by Crippen LogP contribution is 2.61. The summed E-state index contributed by atoms with van der Waals surface area (Å²) in [6.07, 6.45) is -32.2. The monoisotopic (exact) mass is 1940 g/mol. The van der Waals surface area contributed by atoms with Crippen molar-refractivity contribution in [3.63, 3.8) is 0 Å². The third-order valence-corrected chi connectivity index (χ3v) is 23.9. The van der Waals surface area contributed by atoms with E-state index in [4.69, 9.17) is 37.9 Å². The number of hydrogen-bond acceptors (Lipinski definition) is 12. The molecule has 140 heavy (non-hydrogen) atoms. The summed E-state index contributed by atoms with van der Waals surface area (Å²) >= 11 is 0. The number of imide groups is 2. The fourth-order valence-corrected chi connectivity index (χ4v) is 17.0. The molecule has 0 atom stereocenters. The highest BCUT2D eigenvalue weighted by atomic mass is 19.4. The van der Waals surface area contributed by atoms with Gasteiger partial charge in [0.05, 0.1) is 55.6 Å². The summed E-state index contributed by atoms with van der Waals surface area (Å²) in [5, 5.41) is -1.85. The van der Waals surface area contributed by atoms with Gasteiger partial charge < -0.3 is 37.9 Å². The molecule has 2 aliphatic heterocycles. The van der Waals surface area contributed by atoms with E-state index in [1.54, 1.807) is 97.1 Å². The van der Waals surface area contributed by atoms with Crippen molar-refractivity contribution in [2.45, 2.75) is 156 Å². The fraction of sp³-hybridized carbons (Fsp3) is 0.222. The second-order valence-electron chi connectivity index (χ2n) is 38.2. The van der Waals surface area contributed by atoms with Crippen LogP contribution in [0.4, 0.5) is 90.4 Å². The van der Waals surface area contributed by atoms with Crippen LogP contribution in [0.2, 0.25) is 0 Å². The average molecular weight is 1940 g/mol. The number of fused-ring (bicyclic) bond motifs is 2. The van der Waals surface area contributed by atoms with Crippen molar-refractivity contribution in [1.29, 1.82) is 0 Å². The van der Waals surface area contributed by atoms with E-state index in [0.717, 1.165) is 107 Å². The number of anilines is 2. The molecule has 0 N–H and O–H groups in total. The number of benzene rings is 15. The normalized spacial score (nSPS) is 13.7. The molecule has 4 amide bonds. The number of carbonyl (C=O) groups excluding carboxylic acids is 4. The minimum absolute atomic E-state index is 0.0216. The predicted molar refractivity (Wildman–Crippen MR) is 489 cm³/mol. The van der Waals surface area contributed by atoms with Crippen LogP contribution < -0.4 is 47.7 Å². The highest BCUT2D eigenvalue weighted by molar-refractivity contribution is 6.48. The van der Waals surface area contributed by atoms with Gasteiger partial charge in [-0.3, -0.25) is 19.2 Å². The van der Waals surface area contributed by atoms with Crippen molar-refractivity contribution in [2.24, 2.45) is 0 Å². The number of halogens is 18. The van der Waals surface area contributed by atoms with Gasteiger partial charge in [-0.2, -0.15) is 79.0 Å². The summed E-state index contributed by atoms with van der Waals surface area (Å²) in [5.74, 6) is -14.6. The first-order valence-corrected chi connectivity index (χ1v) is 43.3. The van der Waals surface area contributed by atoms with Gasteiger partial charge in [0.15, 0.2) is 23.0 Å². The van der Waals surface area contributed by atoms with Gasteiger partial charge in [0, 0.05) is 43.1 Å². The van der Waals surface area contributed by atoms with E-state index in [-0.39, 0.29) is 114 Å². The van der Waals surface area contributed by atoms with Crippen LogP contribution in [0.3, 0.4) is 0 Å². The molecule has 0 fully saturated rings. The maximum Gasteiger partial charge on any atom is 0.416 e. The van der Waals surface area contributed by atoms with Gasteiger partial charge >= 0.3 is 37.1 Å². The first-order chi connectivity index (χ1) is 65.1. The summed E-state index contributed by atoms with van der Waals surface area (Å²) in [6, 6.07) is 41.8. The van der Waals surface area contributed by atoms with Crippen molar-refractivity contribution < 1.29 is 136 Å². The van der Waals surface area contributed by atoms with Crippen LogP contribution in [0.15, 0.2) is 231 Å². The quantitative estimate of drug-likeness (QED) is 0.0348. The summed E-state index contributed by atoms with van der Waals surface area (Å²) < 4.78 is 323. The van der Waals surface area contributed by atoms with Gasteiger partial charge in [0.2, 0.25) is 0 Å². The van der Waals surface area contributed by atoms with Crippen molar-refractivity contribution in [3.8, 4) is 92.0 Å². The molecular weight excluding hydrogens is 1860 g/mol. The lowest BCUT2D eigenvalue weighted by molar-refractivity contribution is -0.144. The van der Waals surface area contributed by atoms with Crippen molar-refractivity contribution >= 4 is 78.1 Å². The minimum atomic E-state index is -5.51. The van der Waals surface area contributed by atoms with Crippen LogP contribution in [0.25, 0.3) is 43.1 Å². The molecule has 2 heterocycles. The average Bonchev–Trinajstić information content (AvgIpc) is 0.667. The third-order valence-electron chi connectivity index (χ3n) is 23.9. The maximum atomic E-state index is 17.2. The molecule has 720 valence electrons. The summed E-state index contributed by atoms with van der Waals surface area (Å²) in [5.41, 5.74) is -13.7. The lowest BCUT2D eigenvalue weighted by Crippen LogP contribution is -2.41. The second kappa shape index (κ2) is 34.0. The van der Waals surface area contributed by atoms with Gasteiger partial charge in [-0.25, -0.2) is 9.80 Å². The lowest BCUT2D eigenvalue weighted by atomic mass is 9.80. The van der Waals surface area contributed by atoms with Gasteiger partial charge in [-0.15, -0.1) is 0 Å². The molecule has 15 aromatic carbocycles. The van der Waals surface area contributed by atoms with Crippen LogP contribution in [0.1, 0.15) is 191 Å². The SMILES string of the molecule is Cc1cc(Oc2cccc(Oc3cc(C(F)(F)F)cc(C(F)(F)F)c3)c2N2C(=O)c3cc(Oc4ccc(C(C)(C)C)cc4)c4c5c(Oc6ccc(C(C)(C)C)cc6)cc6c7c(cc(Oc8ccc(C(C)(C)C)cc8)c(c8c(Oc9ccc(C(C)(C)C)cc9)cc(c3c48)C2=O)c75)C(=O)N(c2c(Oc3cc(C)cc(C(F)(F)F)c3)cccc2Oc2cc(C(F)(F)F)cc(C(F)(F)F)c2)C6=O)cc(C(F)(F)F)c1. The van der Waals surface area contributed by atoms with E-state index >= 15 is 19.2 Å². The van der Waals surface area contributed by atoms with Crippen LogP contribution in [0.5, 0.6) is 92.0 Å². The number of nitrogens with zero attached hydrogens (tertiary/aromatic N) is 2. The number of aryl methyl sites for hydroxylation is 2. The Kier molecular flexibility index (Phi) is 23.5. The molecule has 0 spiro atoms. The first-order valence-electron chi connectivity index (χ1n) is 43.3. The molecule has 0 saturated heterocycles. The largest absolute Gasteiger partial charge is 0.457 e. The van der Waals surface area contributed by atoms with E-state index in [1.807, 2.05) is 83.1 Å². The van der Waals surface area contributed by atoms with E-state index in [9.17, 15) is 79.0 Å². The molecule has 17 rings (SSSR count). The summed E-state index contributed by atoms with van der Waals surface area (Å²) in [7, 11) is 0. The molecule has 0 aromatic heterocycles. The van der Waals surface area contributed by atoms with E-state index in [1.165, 1.54) is 13.8 Å². The van der Waals surface area contributed by atoms with Crippen LogP contribution in [0, 0.1) is 13.8 Å². The third kappa shape index (κ3) is 18.7. The Bertz CT molecular complexity index is 6820. The number of alkyl halides is 18. The molecular formula is C108H80F18N2O12. The zero-order valence-corrected chi connectivity index (χ0v) is 76.5. The fourth-order valence-electron chi connectivity index (χ4n) is 17.0. The topological polar surface area (TPSA) is 149 Å². The smallest absolute Gasteiger partial charge is 0.416 e. The zero-order chi connectivity index (χ0) is 101. The first kappa shape index (κ1) is 96.7. The Morgan fingerprint density at radius 3 is 0.571 bits per heavy atom. The lowest BCUT2D eigenvalue weighted by Gasteiger charge is -2.33. The number of ether oxygens (including phenoxy) is 8. The highest BCUT2D eigenvalue weighted by Gasteiger charge is 2.48. The molecule has 0 unspecified atom stereocenters. The van der Waals surface area contributed by atoms with Gasteiger partial charge in [-0.05, 0) is 239 Å². The molecule has 0 radical (unpaired) electrons. The number of para-hydroxylation sites is 2. The number of carbonyl (C=O) groups is 4. The maximum absolute atomic E-state index is 17.2. The van der Waals surface area contributed by atoms with Gasteiger partial charge in [0.1, 0.15) is 80.4 Å². The summed E-state index contributed by atoms with van der Waals surface area (Å²) in [4.78, 5) is 69.7. The van der Waals surface area contributed by atoms with Crippen LogP contribution in [-0.2, 0) is 58.7 Å². The molecule has 0 aliphatic carbocycles. The second-order valence-corrected chi connectivity index (χ2v) is 38.2. The molecule has 32 heteroatoms. The zero-order valence-electron chi connectivity index (χ0n) is 76.5. The van der Waals surface area contributed by atoms with Crippen LogP contribution in [-0.4, -0.2) is 23.6 Å². The number of rotatable bonds is 18. The van der Waals surface area contributed by atoms with Crippen LogP contribution >= 0.6 is 0 Å². The molecule has 15 aromatic rings. The van der Waals surface area contributed by atoms with E-state index in [0.29, 0.717) is 21.9 Å². The van der Waals surface area contributed by atoms with E-state index in [2.05, 4.69) is 0 Å². The predicted octanol–water partition coefficient (Wildman–Crippen LogP) is 33.6. The Hall–Kier alpha value is -15.0. The Balaban J connectivity index is 1.03. The molecule has 0 saturated carbocycles. The Morgan fingerprint density at radius 2 is 0.379 bits per heavy atom.